The van der Waals surface area contributed by atoms with Gasteiger partial charge in [-0.3, -0.25) is 0 Å². The van der Waals surface area contributed by atoms with E-state index < -0.39 is 0 Å². The molecule has 3 nitrogen and oxygen atoms in total. The van der Waals surface area contributed by atoms with E-state index in [0.29, 0.717) is 0 Å². The minimum Gasteiger partial charge on any atom is -0.457 e. The molecular formula is C17H20BrNO2. The molecule has 0 radical (unpaired) electrons. The third kappa shape index (κ3) is 5.16. The molecule has 1 N–H and O–H groups in total. The number of rotatable bonds is 7. The van der Waals surface area contributed by atoms with Crippen LogP contribution in [0.4, 0.5) is 0 Å². The number of ether oxygens (including phenoxy) is 1. The van der Waals surface area contributed by atoms with Gasteiger partial charge < -0.3 is 14.5 Å². The Labute approximate surface area is 134 Å². The lowest BCUT2D eigenvalue weighted by atomic mass is 10.2. The summed E-state index contributed by atoms with van der Waals surface area (Å²) in [7, 11) is 1.71. The zero-order valence-corrected chi connectivity index (χ0v) is 13.9. The van der Waals surface area contributed by atoms with Crippen molar-refractivity contribution in [1.82, 2.24) is 5.32 Å². The summed E-state index contributed by atoms with van der Waals surface area (Å²) in [5.41, 5.74) is 2.30. The van der Waals surface area contributed by atoms with E-state index in [9.17, 15) is 0 Å². The molecule has 0 aliphatic rings. The van der Waals surface area contributed by atoms with E-state index in [4.69, 9.17) is 9.15 Å². The molecule has 0 amide bonds. The maximum atomic E-state index is 5.86. The highest BCUT2D eigenvalue weighted by atomic mass is 79.9. The van der Waals surface area contributed by atoms with E-state index in [-0.39, 0.29) is 0 Å². The SMILES string of the molecule is COCCNCC(C)=Cc1ccc(-c2ccc(Br)cc2)o1. The lowest BCUT2D eigenvalue weighted by Crippen LogP contribution is -2.20. The first-order valence-electron chi connectivity index (χ1n) is 6.91. The lowest BCUT2D eigenvalue weighted by molar-refractivity contribution is 0.200. The van der Waals surface area contributed by atoms with Crippen LogP contribution in [0, 0.1) is 0 Å². The number of halogens is 1. The van der Waals surface area contributed by atoms with Crippen molar-refractivity contribution >= 4 is 22.0 Å². The largest absolute Gasteiger partial charge is 0.457 e. The van der Waals surface area contributed by atoms with Crippen molar-refractivity contribution in [2.45, 2.75) is 6.92 Å². The quantitative estimate of drug-likeness (QED) is 0.754. The Bertz CT molecular complexity index is 587. The monoisotopic (exact) mass is 349 g/mol. The fraction of sp³-hybridized carbons (Fsp3) is 0.294. The van der Waals surface area contributed by atoms with Gasteiger partial charge in [0, 0.05) is 30.2 Å². The van der Waals surface area contributed by atoms with E-state index in [1.807, 2.05) is 36.4 Å². The van der Waals surface area contributed by atoms with Crippen LogP contribution < -0.4 is 5.32 Å². The summed E-state index contributed by atoms with van der Waals surface area (Å²) in [6, 6.07) is 12.1. The van der Waals surface area contributed by atoms with Crippen molar-refractivity contribution in [1.29, 1.82) is 0 Å². The highest BCUT2D eigenvalue weighted by Gasteiger charge is 2.03. The lowest BCUT2D eigenvalue weighted by Gasteiger charge is -2.03. The first-order chi connectivity index (χ1) is 10.2. The Kier molecular flexibility index (Phi) is 6.23. The summed E-state index contributed by atoms with van der Waals surface area (Å²) in [6.07, 6.45) is 2.06. The fourth-order valence-corrected chi connectivity index (χ4v) is 2.22. The van der Waals surface area contributed by atoms with Crippen LogP contribution in [-0.2, 0) is 4.74 Å². The van der Waals surface area contributed by atoms with Gasteiger partial charge in [0.1, 0.15) is 11.5 Å². The molecule has 0 unspecified atom stereocenters. The van der Waals surface area contributed by atoms with Crippen molar-refractivity contribution in [3.8, 4) is 11.3 Å². The van der Waals surface area contributed by atoms with Crippen LogP contribution in [0.5, 0.6) is 0 Å². The molecule has 4 heteroatoms. The van der Waals surface area contributed by atoms with Gasteiger partial charge in [-0.2, -0.15) is 0 Å². The predicted octanol–water partition coefficient (Wildman–Crippen LogP) is 4.35. The standard InChI is InChI=1S/C17H20BrNO2/c1-13(12-19-9-10-20-2)11-16-7-8-17(21-16)14-3-5-15(18)6-4-14/h3-8,11,19H,9-10,12H2,1-2H3. The smallest absolute Gasteiger partial charge is 0.134 e. The highest BCUT2D eigenvalue weighted by Crippen LogP contribution is 2.24. The Morgan fingerprint density at radius 2 is 2.00 bits per heavy atom. The van der Waals surface area contributed by atoms with E-state index in [0.717, 1.165) is 41.3 Å². The van der Waals surface area contributed by atoms with Gasteiger partial charge in [0.15, 0.2) is 0 Å². The average Bonchev–Trinajstić information content (AvgIpc) is 2.93. The Morgan fingerprint density at radius 1 is 1.24 bits per heavy atom. The Morgan fingerprint density at radius 3 is 2.71 bits per heavy atom. The van der Waals surface area contributed by atoms with Crippen molar-refractivity contribution in [3.63, 3.8) is 0 Å². The number of hydrogen-bond donors (Lipinski definition) is 1. The third-order valence-corrected chi connectivity index (χ3v) is 3.56. The van der Waals surface area contributed by atoms with Crippen molar-refractivity contribution in [2.75, 3.05) is 26.8 Å². The van der Waals surface area contributed by atoms with Crippen LogP contribution in [0.25, 0.3) is 17.4 Å². The minimum atomic E-state index is 0.724. The van der Waals surface area contributed by atoms with Crippen molar-refractivity contribution in [3.05, 3.63) is 52.2 Å². The van der Waals surface area contributed by atoms with Crippen LogP contribution in [-0.4, -0.2) is 26.8 Å². The van der Waals surface area contributed by atoms with Gasteiger partial charge in [0.25, 0.3) is 0 Å². The molecule has 0 spiro atoms. The van der Waals surface area contributed by atoms with Crippen molar-refractivity contribution in [2.24, 2.45) is 0 Å². The summed E-state index contributed by atoms with van der Waals surface area (Å²) in [5.74, 6) is 1.76. The van der Waals surface area contributed by atoms with Gasteiger partial charge in [-0.15, -0.1) is 0 Å². The Hall–Kier alpha value is -1.36. The average molecular weight is 350 g/mol. The molecule has 112 valence electrons. The number of benzene rings is 1. The van der Waals surface area contributed by atoms with E-state index in [1.165, 1.54) is 5.57 Å². The second kappa shape index (κ2) is 8.17. The second-order valence-corrected chi connectivity index (χ2v) is 5.78. The molecule has 2 aromatic rings. The highest BCUT2D eigenvalue weighted by molar-refractivity contribution is 9.10. The molecule has 1 aromatic carbocycles. The summed E-state index contributed by atoms with van der Waals surface area (Å²) in [4.78, 5) is 0. The molecule has 0 fully saturated rings. The van der Waals surface area contributed by atoms with Crippen molar-refractivity contribution < 1.29 is 9.15 Å². The molecular weight excluding hydrogens is 330 g/mol. The van der Waals surface area contributed by atoms with Crippen LogP contribution in [0.2, 0.25) is 0 Å². The van der Waals surface area contributed by atoms with Gasteiger partial charge in [0.05, 0.1) is 6.61 Å². The summed E-state index contributed by atoms with van der Waals surface area (Å²) < 4.78 is 11.9. The van der Waals surface area contributed by atoms with E-state index >= 15 is 0 Å². The normalized spacial score (nSPS) is 11.9. The van der Waals surface area contributed by atoms with Gasteiger partial charge in [-0.1, -0.05) is 33.6 Å². The number of furan rings is 1. The third-order valence-electron chi connectivity index (χ3n) is 3.03. The first kappa shape index (κ1) is 16.0. The number of hydrogen-bond acceptors (Lipinski definition) is 3. The minimum absolute atomic E-state index is 0.724. The maximum absolute atomic E-state index is 5.86. The molecule has 0 saturated carbocycles. The van der Waals surface area contributed by atoms with Crippen LogP contribution in [0.1, 0.15) is 12.7 Å². The summed E-state index contributed by atoms with van der Waals surface area (Å²) in [5, 5.41) is 3.31. The molecule has 0 aliphatic carbocycles. The van der Waals surface area contributed by atoms with Gasteiger partial charge in [-0.25, -0.2) is 0 Å². The topological polar surface area (TPSA) is 34.4 Å². The molecule has 0 atom stereocenters. The maximum Gasteiger partial charge on any atom is 0.134 e. The van der Waals surface area contributed by atoms with Crippen LogP contribution in [0.15, 0.2) is 50.9 Å². The van der Waals surface area contributed by atoms with Gasteiger partial charge in [-0.05, 0) is 37.3 Å². The molecule has 2 rings (SSSR count). The van der Waals surface area contributed by atoms with E-state index in [2.05, 4.69) is 34.2 Å². The summed E-state index contributed by atoms with van der Waals surface area (Å²) >= 11 is 3.44. The fourth-order valence-electron chi connectivity index (χ4n) is 1.95. The zero-order chi connectivity index (χ0) is 15.1. The Balaban J connectivity index is 1.97. The molecule has 1 heterocycles. The number of nitrogens with one attached hydrogen (secondary N) is 1. The molecule has 0 saturated heterocycles. The molecule has 0 aliphatic heterocycles. The molecule has 0 bridgehead atoms. The van der Waals surface area contributed by atoms with E-state index in [1.54, 1.807) is 7.11 Å². The zero-order valence-electron chi connectivity index (χ0n) is 12.4. The summed E-state index contributed by atoms with van der Waals surface area (Å²) in [6.45, 7) is 4.49. The van der Waals surface area contributed by atoms with Crippen LogP contribution >= 0.6 is 15.9 Å². The van der Waals surface area contributed by atoms with Crippen LogP contribution in [0.3, 0.4) is 0 Å². The first-order valence-corrected chi connectivity index (χ1v) is 7.71. The molecule has 1 aromatic heterocycles. The van der Waals surface area contributed by atoms with Gasteiger partial charge in [0.2, 0.25) is 0 Å². The molecule has 21 heavy (non-hydrogen) atoms. The predicted molar refractivity (Wildman–Crippen MR) is 90.2 cm³/mol. The second-order valence-electron chi connectivity index (χ2n) is 4.87. The van der Waals surface area contributed by atoms with Gasteiger partial charge >= 0.3 is 0 Å². The number of methoxy groups -OCH3 is 1.